The third-order valence-corrected chi connectivity index (χ3v) is 6.56. The van der Waals surface area contributed by atoms with Gasteiger partial charge in [0.2, 0.25) is 5.91 Å². The van der Waals surface area contributed by atoms with Gasteiger partial charge in [0.1, 0.15) is 29.6 Å². The first-order valence-corrected chi connectivity index (χ1v) is 11.9. The summed E-state index contributed by atoms with van der Waals surface area (Å²) in [5, 5.41) is 0.498. The van der Waals surface area contributed by atoms with Crippen LogP contribution in [-0.4, -0.2) is 91.6 Å². The van der Waals surface area contributed by atoms with Crippen molar-refractivity contribution in [3.8, 4) is 5.75 Å². The van der Waals surface area contributed by atoms with E-state index < -0.39 is 23.1 Å². The van der Waals surface area contributed by atoms with E-state index in [4.69, 9.17) is 21.1 Å². The quantitative estimate of drug-likeness (QED) is 0.601. The van der Waals surface area contributed by atoms with Crippen LogP contribution in [0.1, 0.15) is 16.8 Å². The highest BCUT2D eigenvalue weighted by atomic mass is 35.5. The Morgan fingerprint density at radius 1 is 1.06 bits per heavy atom. The van der Waals surface area contributed by atoms with Crippen molar-refractivity contribution in [2.75, 3.05) is 59.5 Å². The maximum Gasteiger partial charge on any atom is 0.257 e. The van der Waals surface area contributed by atoms with Gasteiger partial charge >= 0.3 is 0 Å². The number of hydrogen-bond donors (Lipinski definition) is 0. The number of ether oxygens (including phenoxy) is 2. The van der Waals surface area contributed by atoms with Crippen molar-refractivity contribution in [3.05, 3.63) is 64.7 Å². The van der Waals surface area contributed by atoms with Crippen LogP contribution >= 0.6 is 11.6 Å². The Kier molecular flexibility index (Phi) is 7.88. The van der Waals surface area contributed by atoms with Gasteiger partial charge in [0.05, 0.1) is 25.1 Å². The molecule has 2 aliphatic rings. The fourth-order valence-corrected chi connectivity index (χ4v) is 4.49. The number of carbonyl (C=O) groups is 2. The molecule has 1 atom stereocenters. The van der Waals surface area contributed by atoms with Gasteiger partial charge in [-0.1, -0.05) is 17.7 Å². The van der Waals surface area contributed by atoms with E-state index in [-0.39, 0.29) is 44.2 Å². The van der Waals surface area contributed by atoms with Crippen LogP contribution in [0.4, 0.5) is 8.78 Å². The molecule has 4 rings (SSSR count). The van der Waals surface area contributed by atoms with Crippen LogP contribution < -0.4 is 4.74 Å². The van der Waals surface area contributed by atoms with Gasteiger partial charge in [-0.2, -0.15) is 0 Å². The molecule has 0 spiro atoms. The highest BCUT2D eigenvalue weighted by molar-refractivity contribution is 6.30. The van der Waals surface area contributed by atoms with Gasteiger partial charge in [0, 0.05) is 43.8 Å². The van der Waals surface area contributed by atoms with Crippen LogP contribution in [0, 0.1) is 11.6 Å². The first kappa shape index (κ1) is 25.3. The lowest BCUT2D eigenvalue weighted by atomic mass is 9.96. The standard InChI is InChI=1S/C25H28ClF2N3O4/c1-29-7-9-30(10-8-29)23(32)15-25(17-34-20-4-2-3-18(26)13-20)16-31(11-12-35-25)24(33)21-6-5-19(27)14-22(21)28/h2-6,13-14H,7-12,15-17H2,1H3/t25-/m1/s1. The largest absolute Gasteiger partial charge is 0.490 e. The molecule has 0 aromatic heterocycles. The molecule has 0 aliphatic carbocycles. The molecule has 2 heterocycles. The molecular formula is C25H28ClF2N3O4. The number of rotatable bonds is 6. The van der Waals surface area contributed by atoms with Crippen LogP contribution in [0.25, 0.3) is 0 Å². The molecular weight excluding hydrogens is 480 g/mol. The maximum atomic E-state index is 14.3. The van der Waals surface area contributed by atoms with Gasteiger partial charge in [0.15, 0.2) is 0 Å². The summed E-state index contributed by atoms with van der Waals surface area (Å²) in [4.78, 5) is 31.7. The van der Waals surface area contributed by atoms with Gasteiger partial charge < -0.3 is 24.2 Å². The first-order chi connectivity index (χ1) is 16.7. The van der Waals surface area contributed by atoms with Crippen molar-refractivity contribution in [1.82, 2.24) is 14.7 Å². The van der Waals surface area contributed by atoms with Crippen molar-refractivity contribution in [2.24, 2.45) is 0 Å². The van der Waals surface area contributed by atoms with Crippen molar-refractivity contribution >= 4 is 23.4 Å². The summed E-state index contributed by atoms with van der Waals surface area (Å²) in [5.74, 6) is -1.89. The number of carbonyl (C=O) groups excluding carboxylic acids is 2. The molecule has 10 heteroatoms. The summed E-state index contributed by atoms with van der Waals surface area (Å²) in [5.41, 5.74) is -1.38. The number of amides is 2. The molecule has 0 saturated carbocycles. The summed E-state index contributed by atoms with van der Waals surface area (Å²) >= 11 is 6.07. The lowest BCUT2D eigenvalue weighted by molar-refractivity contribution is -0.154. The van der Waals surface area contributed by atoms with Crippen LogP contribution in [0.15, 0.2) is 42.5 Å². The van der Waals surface area contributed by atoms with Crippen molar-refractivity contribution in [1.29, 1.82) is 0 Å². The van der Waals surface area contributed by atoms with E-state index >= 15 is 0 Å². The molecule has 0 unspecified atom stereocenters. The number of benzene rings is 2. The van der Waals surface area contributed by atoms with E-state index in [1.807, 2.05) is 7.05 Å². The molecule has 0 bridgehead atoms. The molecule has 2 fully saturated rings. The van der Waals surface area contributed by atoms with Gasteiger partial charge in [-0.3, -0.25) is 9.59 Å². The number of halogens is 3. The zero-order valence-corrected chi connectivity index (χ0v) is 20.3. The van der Waals surface area contributed by atoms with E-state index in [1.165, 1.54) is 4.90 Å². The van der Waals surface area contributed by atoms with E-state index in [9.17, 15) is 18.4 Å². The van der Waals surface area contributed by atoms with Gasteiger partial charge in [-0.05, 0) is 37.4 Å². The van der Waals surface area contributed by atoms with Crippen LogP contribution in [0.2, 0.25) is 5.02 Å². The molecule has 2 amide bonds. The number of piperazine rings is 1. The summed E-state index contributed by atoms with van der Waals surface area (Å²) in [6.07, 6.45) is -0.00698. The van der Waals surface area contributed by atoms with E-state index in [0.717, 1.165) is 25.2 Å². The second-order valence-corrected chi connectivity index (χ2v) is 9.43. The minimum Gasteiger partial charge on any atom is -0.490 e. The summed E-state index contributed by atoms with van der Waals surface area (Å²) < 4.78 is 39.7. The van der Waals surface area contributed by atoms with Crippen LogP contribution in [0.5, 0.6) is 5.75 Å². The fourth-order valence-electron chi connectivity index (χ4n) is 4.31. The normalized spacial score (nSPS) is 21.1. The monoisotopic (exact) mass is 507 g/mol. The van der Waals surface area contributed by atoms with Crippen molar-refractivity contribution in [3.63, 3.8) is 0 Å². The van der Waals surface area contributed by atoms with Crippen molar-refractivity contribution in [2.45, 2.75) is 12.0 Å². The predicted octanol–water partition coefficient (Wildman–Crippen LogP) is 3.07. The predicted molar refractivity (Wildman–Crippen MR) is 127 cm³/mol. The summed E-state index contributed by atoms with van der Waals surface area (Å²) in [7, 11) is 2.00. The summed E-state index contributed by atoms with van der Waals surface area (Å²) in [6, 6.07) is 9.70. The molecule has 2 aromatic carbocycles. The molecule has 188 valence electrons. The number of likely N-dealkylation sites (N-methyl/N-ethyl adjacent to an activating group) is 1. The van der Waals surface area contributed by atoms with Gasteiger partial charge in [-0.15, -0.1) is 0 Å². The van der Waals surface area contributed by atoms with E-state index in [0.29, 0.717) is 29.9 Å². The summed E-state index contributed by atoms with van der Waals surface area (Å²) in [6.45, 7) is 3.10. The average molecular weight is 508 g/mol. The number of nitrogens with zero attached hydrogens (tertiary/aromatic N) is 3. The SMILES string of the molecule is CN1CCN(C(=O)C[C@]2(COc3cccc(Cl)c3)CN(C(=O)c3ccc(F)cc3F)CCO2)CC1. The van der Waals surface area contributed by atoms with E-state index in [2.05, 4.69) is 4.90 Å². The molecule has 35 heavy (non-hydrogen) atoms. The highest BCUT2D eigenvalue weighted by Gasteiger charge is 2.43. The Morgan fingerprint density at radius 3 is 2.54 bits per heavy atom. The van der Waals surface area contributed by atoms with Gasteiger partial charge in [0.25, 0.3) is 5.91 Å². The lowest BCUT2D eigenvalue weighted by Crippen LogP contribution is -2.59. The second kappa shape index (κ2) is 10.9. The third-order valence-electron chi connectivity index (χ3n) is 6.32. The topological polar surface area (TPSA) is 62.3 Å². The Morgan fingerprint density at radius 2 is 1.83 bits per heavy atom. The number of hydrogen-bond acceptors (Lipinski definition) is 5. The fraction of sp³-hybridized carbons (Fsp3) is 0.440. The van der Waals surface area contributed by atoms with Gasteiger partial charge in [-0.25, -0.2) is 8.78 Å². The van der Waals surface area contributed by atoms with E-state index in [1.54, 1.807) is 29.2 Å². The Hall–Kier alpha value is -2.75. The zero-order valence-electron chi connectivity index (χ0n) is 19.5. The molecule has 7 nitrogen and oxygen atoms in total. The zero-order chi connectivity index (χ0) is 25.0. The second-order valence-electron chi connectivity index (χ2n) is 8.99. The van der Waals surface area contributed by atoms with Crippen LogP contribution in [-0.2, 0) is 9.53 Å². The minimum atomic E-state index is -1.15. The lowest BCUT2D eigenvalue weighted by Gasteiger charge is -2.43. The molecule has 0 N–H and O–H groups in total. The Bertz CT molecular complexity index is 1080. The maximum absolute atomic E-state index is 14.3. The highest BCUT2D eigenvalue weighted by Crippen LogP contribution is 2.28. The first-order valence-electron chi connectivity index (χ1n) is 11.5. The van der Waals surface area contributed by atoms with Crippen LogP contribution in [0.3, 0.4) is 0 Å². The molecule has 2 aromatic rings. The molecule has 0 radical (unpaired) electrons. The Labute approximate surface area is 208 Å². The third kappa shape index (κ3) is 6.28. The number of morpholine rings is 1. The minimum absolute atomic E-state index is 0.00698. The Balaban J connectivity index is 1.54. The average Bonchev–Trinajstić information content (AvgIpc) is 2.83. The van der Waals surface area contributed by atoms with Crippen molar-refractivity contribution < 1.29 is 27.8 Å². The molecule has 2 aliphatic heterocycles. The molecule has 2 saturated heterocycles. The smallest absolute Gasteiger partial charge is 0.257 e.